The number of hydrogen-bond acceptors (Lipinski definition) is 5. The van der Waals surface area contributed by atoms with Crippen LogP contribution >= 0.6 is 0 Å². The van der Waals surface area contributed by atoms with Crippen LogP contribution in [0.4, 0.5) is 4.79 Å². The number of amides is 3. The highest BCUT2D eigenvalue weighted by molar-refractivity contribution is 6.06. The zero-order chi connectivity index (χ0) is 17.6. The average molecular weight is 345 g/mol. The molecule has 25 heavy (non-hydrogen) atoms. The molecule has 1 spiro atoms. The number of imide groups is 1. The van der Waals surface area contributed by atoms with E-state index in [4.69, 9.17) is 9.47 Å². The Hall–Kier alpha value is -2.28. The van der Waals surface area contributed by atoms with E-state index in [1.807, 2.05) is 18.2 Å². The number of carbonyl (C=O) groups is 2. The van der Waals surface area contributed by atoms with Gasteiger partial charge < -0.3 is 14.8 Å². The van der Waals surface area contributed by atoms with Crippen molar-refractivity contribution < 1.29 is 19.1 Å². The number of likely N-dealkylation sites (N-methyl/N-ethyl adjacent to an activating group) is 1. The molecule has 0 aliphatic carbocycles. The van der Waals surface area contributed by atoms with Gasteiger partial charge >= 0.3 is 6.03 Å². The quantitative estimate of drug-likeness (QED) is 0.828. The van der Waals surface area contributed by atoms with E-state index in [0.717, 1.165) is 37.6 Å². The number of rotatable bonds is 3. The fourth-order valence-electron chi connectivity index (χ4n) is 4.03. The maximum absolute atomic E-state index is 12.3. The van der Waals surface area contributed by atoms with Gasteiger partial charge in [-0.2, -0.15) is 0 Å². The van der Waals surface area contributed by atoms with Crippen LogP contribution in [0.5, 0.6) is 11.5 Å². The highest BCUT2D eigenvalue weighted by Crippen LogP contribution is 2.33. The van der Waals surface area contributed by atoms with E-state index in [1.165, 1.54) is 17.5 Å². The first kappa shape index (κ1) is 16.2. The largest absolute Gasteiger partial charge is 0.497 e. The Morgan fingerprint density at radius 1 is 1.32 bits per heavy atom. The first-order chi connectivity index (χ1) is 12.0. The third kappa shape index (κ3) is 2.72. The first-order valence-corrected chi connectivity index (χ1v) is 8.67. The summed E-state index contributed by atoms with van der Waals surface area (Å²) in [6.45, 7) is 2.38. The van der Waals surface area contributed by atoms with Gasteiger partial charge in [0.2, 0.25) is 0 Å². The predicted octanol–water partition coefficient (Wildman–Crippen LogP) is 1.01. The summed E-state index contributed by atoms with van der Waals surface area (Å²) in [5, 5.41) is 2.88. The van der Waals surface area contributed by atoms with Crippen LogP contribution in [0.25, 0.3) is 0 Å². The molecule has 134 valence electrons. The second kappa shape index (κ2) is 5.91. The number of benzene rings is 1. The van der Waals surface area contributed by atoms with Gasteiger partial charge in [-0.25, -0.2) is 4.79 Å². The van der Waals surface area contributed by atoms with Crippen molar-refractivity contribution in [3.8, 4) is 11.5 Å². The number of methoxy groups -OCH3 is 1. The van der Waals surface area contributed by atoms with Gasteiger partial charge in [-0.1, -0.05) is 0 Å². The Morgan fingerprint density at radius 2 is 2.08 bits per heavy atom. The molecule has 3 amide bonds. The number of piperidine rings is 1. The van der Waals surface area contributed by atoms with Crippen LogP contribution < -0.4 is 14.8 Å². The minimum Gasteiger partial charge on any atom is -0.497 e. The second-order valence-corrected chi connectivity index (χ2v) is 7.09. The summed E-state index contributed by atoms with van der Waals surface area (Å²) in [7, 11) is 3.20. The van der Waals surface area contributed by atoms with Gasteiger partial charge in [0.15, 0.2) is 0 Å². The lowest BCUT2D eigenvalue weighted by Crippen LogP contribution is -2.55. The summed E-state index contributed by atoms with van der Waals surface area (Å²) in [6, 6.07) is 5.61. The van der Waals surface area contributed by atoms with Crippen molar-refractivity contribution in [1.82, 2.24) is 15.1 Å². The fraction of sp³-hybridized carbons (Fsp3) is 0.556. The molecule has 3 aliphatic rings. The molecule has 2 fully saturated rings. The van der Waals surface area contributed by atoms with E-state index >= 15 is 0 Å². The number of ether oxygens (including phenoxy) is 2. The summed E-state index contributed by atoms with van der Waals surface area (Å²) < 4.78 is 11.3. The molecule has 3 aliphatic heterocycles. The number of hydrogen-bond donors (Lipinski definition) is 1. The molecule has 4 rings (SSSR count). The van der Waals surface area contributed by atoms with Gasteiger partial charge in [0, 0.05) is 38.7 Å². The second-order valence-electron chi connectivity index (χ2n) is 7.09. The molecule has 0 radical (unpaired) electrons. The summed E-state index contributed by atoms with van der Waals surface area (Å²) >= 11 is 0. The number of nitrogens with one attached hydrogen (secondary N) is 1. The molecule has 0 bridgehead atoms. The normalized spacial score (nSPS) is 25.0. The molecule has 2 saturated heterocycles. The first-order valence-electron chi connectivity index (χ1n) is 8.67. The Morgan fingerprint density at radius 3 is 2.72 bits per heavy atom. The van der Waals surface area contributed by atoms with Crippen molar-refractivity contribution in [2.75, 3.05) is 33.8 Å². The van der Waals surface area contributed by atoms with Crippen LogP contribution in [-0.2, 0) is 11.2 Å². The smallest absolute Gasteiger partial charge is 0.324 e. The lowest BCUT2D eigenvalue weighted by atomic mass is 9.87. The topological polar surface area (TPSA) is 71.1 Å². The van der Waals surface area contributed by atoms with E-state index in [1.54, 1.807) is 7.11 Å². The molecule has 0 saturated carbocycles. The van der Waals surface area contributed by atoms with E-state index < -0.39 is 5.54 Å². The number of urea groups is 1. The van der Waals surface area contributed by atoms with Gasteiger partial charge in [-0.05, 0) is 31.0 Å². The number of carbonyl (C=O) groups excluding carboxylic acids is 2. The van der Waals surface area contributed by atoms with Gasteiger partial charge in [0.1, 0.15) is 23.1 Å². The van der Waals surface area contributed by atoms with Crippen LogP contribution in [0, 0.1) is 0 Å². The van der Waals surface area contributed by atoms with Crippen LogP contribution in [0.3, 0.4) is 0 Å². The van der Waals surface area contributed by atoms with Crippen molar-refractivity contribution in [3.63, 3.8) is 0 Å². The molecule has 1 unspecified atom stereocenters. The zero-order valence-corrected chi connectivity index (χ0v) is 14.6. The molecule has 1 N–H and O–H groups in total. The summed E-state index contributed by atoms with van der Waals surface area (Å²) in [6.07, 6.45) is 2.28. The Labute approximate surface area is 146 Å². The third-order valence-electron chi connectivity index (χ3n) is 5.55. The van der Waals surface area contributed by atoms with Gasteiger partial charge in [-0.15, -0.1) is 0 Å². The molecule has 1 aromatic rings. The van der Waals surface area contributed by atoms with Crippen molar-refractivity contribution in [1.29, 1.82) is 0 Å². The fourth-order valence-corrected chi connectivity index (χ4v) is 4.03. The molecule has 3 heterocycles. The maximum Gasteiger partial charge on any atom is 0.324 e. The highest BCUT2D eigenvalue weighted by Gasteiger charge is 2.51. The van der Waals surface area contributed by atoms with E-state index in [-0.39, 0.29) is 18.0 Å². The highest BCUT2D eigenvalue weighted by atomic mass is 16.5. The molecular formula is C18H23N3O4. The minimum atomic E-state index is -0.699. The van der Waals surface area contributed by atoms with Crippen molar-refractivity contribution in [2.45, 2.75) is 30.9 Å². The number of nitrogens with zero attached hydrogens (tertiary/aromatic N) is 2. The predicted molar refractivity (Wildman–Crippen MR) is 90.8 cm³/mol. The van der Waals surface area contributed by atoms with Crippen LogP contribution in [0.15, 0.2) is 18.2 Å². The minimum absolute atomic E-state index is 0.103. The van der Waals surface area contributed by atoms with Crippen molar-refractivity contribution >= 4 is 11.9 Å². The SMILES string of the molecule is COc1ccc2c(c1)CC(CN1CCC3(CC1)NC(=O)N(C)C3=O)O2. The number of likely N-dealkylation sites (tertiary alicyclic amines) is 1. The summed E-state index contributed by atoms with van der Waals surface area (Å²) in [4.78, 5) is 27.6. The maximum atomic E-state index is 12.3. The van der Waals surface area contributed by atoms with Crippen molar-refractivity contribution in [2.24, 2.45) is 0 Å². The molecule has 7 nitrogen and oxygen atoms in total. The van der Waals surface area contributed by atoms with Gasteiger partial charge in [0.05, 0.1) is 7.11 Å². The van der Waals surface area contributed by atoms with Crippen LogP contribution in [0.1, 0.15) is 18.4 Å². The summed E-state index contributed by atoms with van der Waals surface area (Å²) in [5.41, 5.74) is 0.479. The Kier molecular flexibility index (Phi) is 3.83. The molecule has 0 aromatic heterocycles. The van der Waals surface area contributed by atoms with Gasteiger partial charge in [-0.3, -0.25) is 14.6 Å². The van der Waals surface area contributed by atoms with Crippen LogP contribution in [0.2, 0.25) is 0 Å². The number of fused-ring (bicyclic) bond motifs is 1. The molecule has 1 aromatic carbocycles. The van der Waals surface area contributed by atoms with E-state index in [0.29, 0.717) is 12.8 Å². The average Bonchev–Trinajstić information content (AvgIpc) is 3.11. The third-order valence-corrected chi connectivity index (χ3v) is 5.55. The van der Waals surface area contributed by atoms with E-state index in [2.05, 4.69) is 10.2 Å². The summed E-state index contributed by atoms with van der Waals surface area (Å²) in [5.74, 6) is 1.68. The standard InChI is InChI=1S/C18H23N3O4/c1-20-16(22)18(19-17(20)23)5-7-21(8-6-18)11-14-10-12-9-13(24-2)3-4-15(12)25-14/h3-4,9,14H,5-8,10-11H2,1-2H3,(H,19,23). The Balaban J connectivity index is 1.34. The van der Waals surface area contributed by atoms with E-state index in [9.17, 15) is 9.59 Å². The lowest BCUT2D eigenvalue weighted by molar-refractivity contribution is -0.132. The molecule has 1 atom stereocenters. The Bertz CT molecular complexity index is 712. The molecular weight excluding hydrogens is 322 g/mol. The van der Waals surface area contributed by atoms with Gasteiger partial charge in [0.25, 0.3) is 5.91 Å². The monoisotopic (exact) mass is 345 g/mol. The van der Waals surface area contributed by atoms with Crippen LogP contribution in [-0.4, -0.2) is 67.2 Å². The molecule has 7 heteroatoms. The van der Waals surface area contributed by atoms with Crippen molar-refractivity contribution in [3.05, 3.63) is 23.8 Å². The zero-order valence-electron chi connectivity index (χ0n) is 14.6. The lowest BCUT2D eigenvalue weighted by Gasteiger charge is -2.37.